The molecule has 2 amide bonds. The molecule has 0 radical (unpaired) electrons. The number of amides is 2. The summed E-state index contributed by atoms with van der Waals surface area (Å²) in [6.45, 7) is 3.92. The number of allylic oxidation sites excluding steroid dienone is 1. The number of aryl methyl sites for hydroxylation is 1. The molecule has 1 aliphatic rings. The smallest absolute Gasteiger partial charge is 0.327 e. The van der Waals surface area contributed by atoms with E-state index in [0.29, 0.717) is 28.8 Å². The second-order valence-electron chi connectivity index (χ2n) is 8.12. The van der Waals surface area contributed by atoms with E-state index in [1.54, 1.807) is 12.0 Å². The summed E-state index contributed by atoms with van der Waals surface area (Å²) in [6.07, 6.45) is 0. The molecule has 0 bridgehead atoms. The van der Waals surface area contributed by atoms with Gasteiger partial charge in [0.05, 0.1) is 24.4 Å². The predicted octanol–water partition coefficient (Wildman–Crippen LogP) is 5.76. The number of nitrogens with zero attached hydrogens (tertiary/aromatic N) is 3. The minimum absolute atomic E-state index is 0.247. The number of methoxy groups -OCH3 is 1. The van der Waals surface area contributed by atoms with Crippen LogP contribution in [-0.2, 0) is 0 Å². The number of aromatic nitrogens is 2. The summed E-state index contributed by atoms with van der Waals surface area (Å²) in [4.78, 5) is 19.6. The van der Waals surface area contributed by atoms with Gasteiger partial charge in [-0.3, -0.25) is 4.90 Å². The number of anilines is 1. The van der Waals surface area contributed by atoms with Gasteiger partial charge >= 0.3 is 6.03 Å². The second-order valence-corrected chi connectivity index (χ2v) is 8.12. The molecule has 7 nitrogen and oxygen atoms in total. The number of nitrogens with one attached hydrogen (secondary N) is 1. The predicted molar refractivity (Wildman–Crippen MR) is 130 cm³/mol. The molecule has 0 aliphatic carbocycles. The first kappa shape index (κ1) is 21.5. The van der Waals surface area contributed by atoms with Crippen LogP contribution in [0.3, 0.4) is 0 Å². The van der Waals surface area contributed by atoms with Crippen LogP contribution >= 0.6 is 0 Å². The average molecular weight is 453 g/mol. The number of benzene rings is 3. The van der Waals surface area contributed by atoms with Gasteiger partial charge in [-0.05, 0) is 31.5 Å². The summed E-state index contributed by atoms with van der Waals surface area (Å²) in [5.41, 5.74) is 5.03. The van der Waals surface area contributed by atoms with Gasteiger partial charge in [-0.15, -0.1) is 0 Å². The fraction of sp³-hybridized carbons (Fsp3) is 0.148. The number of hydrogen-bond acceptors (Lipinski definition) is 5. The fourth-order valence-corrected chi connectivity index (χ4v) is 4.13. The zero-order valence-electron chi connectivity index (χ0n) is 19.1. The molecule has 0 saturated heterocycles. The summed E-state index contributed by atoms with van der Waals surface area (Å²) < 4.78 is 11.1. The van der Waals surface area contributed by atoms with Gasteiger partial charge < -0.3 is 14.6 Å². The highest BCUT2D eigenvalue weighted by Gasteiger charge is 2.36. The molecule has 2 heterocycles. The van der Waals surface area contributed by atoms with Gasteiger partial charge in [-0.2, -0.15) is 4.98 Å². The van der Waals surface area contributed by atoms with Gasteiger partial charge in [0.25, 0.3) is 5.89 Å². The second kappa shape index (κ2) is 8.86. The Bertz CT molecular complexity index is 1360. The third-order valence-electron chi connectivity index (χ3n) is 5.90. The van der Waals surface area contributed by atoms with E-state index in [0.717, 1.165) is 22.3 Å². The van der Waals surface area contributed by atoms with Crippen LogP contribution in [0.5, 0.6) is 5.75 Å². The number of hydrogen-bond donors (Lipinski definition) is 1. The molecule has 1 N–H and O–H groups in total. The van der Waals surface area contributed by atoms with Crippen molar-refractivity contribution < 1.29 is 14.1 Å². The summed E-state index contributed by atoms with van der Waals surface area (Å²) in [5, 5.41) is 7.34. The number of ether oxygens (including phenoxy) is 1. The Labute approximate surface area is 197 Å². The first-order valence-corrected chi connectivity index (χ1v) is 11.0. The Kier molecular flexibility index (Phi) is 5.59. The number of carbonyl (C=O) groups is 1. The van der Waals surface area contributed by atoms with E-state index >= 15 is 0 Å². The molecule has 4 aromatic rings. The molecular formula is C27H24N4O3. The van der Waals surface area contributed by atoms with Crippen LogP contribution in [0.4, 0.5) is 10.5 Å². The molecular weight excluding hydrogens is 428 g/mol. The topological polar surface area (TPSA) is 80.5 Å². The molecule has 170 valence electrons. The monoisotopic (exact) mass is 452 g/mol. The van der Waals surface area contributed by atoms with E-state index < -0.39 is 6.04 Å². The van der Waals surface area contributed by atoms with Crippen molar-refractivity contribution in [2.45, 2.75) is 19.9 Å². The molecule has 1 atom stereocenters. The molecule has 3 aromatic carbocycles. The van der Waals surface area contributed by atoms with E-state index in [9.17, 15) is 4.79 Å². The summed E-state index contributed by atoms with van der Waals surface area (Å²) in [5.74, 6) is 1.50. The van der Waals surface area contributed by atoms with Crippen LogP contribution in [0.15, 0.2) is 89.1 Å². The van der Waals surface area contributed by atoms with E-state index in [1.807, 2.05) is 92.7 Å². The Morgan fingerprint density at radius 2 is 1.74 bits per heavy atom. The van der Waals surface area contributed by atoms with Gasteiger partial charge in [0.15, 0.2) is 0 Å². The maximum absolute atomic E-state index is 13.3. The van der Waals surface area contributed by atoms with E-state index in [-0.39, 0.29) is 6.03 Å². The summed E-state index contributed by atoms with van der Waals surface area (Å²) >= 11 is 0. The van der Waals surface area contributed by atoms with Crippen LogP contribution in [0.2, 0.25) is 0 Å². The van der Waals surface area contributed by atoms with Crippen molar-refractivity contribution in [2.24, 2.45) is 0 Å². The van der Waals surface area contributed by atoms with Crippen molar-refractivity contribution in [3.05, 3.63) is 102 Å². The SMILES string of the molecule is COc1cccc(N2C(=O)NC(c3ccc(C)cc3)C(c3nc(-c4ccccc4)no3)=C2C)c1. The van der Waals surface area contributed by atoms with Crippen molar-refractivity contribution in [1.29, 1.82) is 0 Å². The largest absolute Gasteiger partial charge is 0.497 e. The molecule has 0 spiro atoms. The van der Waals surface area contributed by atoms with Gasteiger partial charge in [-0.25, -0.2) is 4.79 Å². The summed E-state index contributed by atoms with van der Waals surface area (Å²) in [7, 11) is 1.60. The normalized spacial score (nSPS) is 15.9. The molecule has 7 heteroatoms. The lowest BCUT2D eigenvalue weighted by Gasteiger charge is -2.35. The standard InChI is InChI=1S/C27H24N4O3/c1-17-12-14-19(15-13-17)24-23(26-29-25(30-34-26)20-8-5-4-6-9-20)18(2)31(27(32)28-24)21-10-7-11-22(16-21)33-3/h4-16,24H,1-3H3,(H,28,32). The Morgan fingerprint density at radius 1 is 0.971 bits per heavy atom. The lowest BCUT2D eigenvalue weighted by atomic mass is 9.94. The molecule has 34 heavy (non-hydrogen) atoms. The highest BCUT2D eigenvalue weighted by atomic mass is 16.5. The van der Waals surface area contributed by atoms with Gasteiger partial charge in [-0.1, -0.05) is 71.4 Å². The van der Waals surface area contributed by atoms with Crippen molar-refractivity contribution in [1.82, 2.24) is 15.5 Å². The van der Waals surface area contributed by atoms with Crippen molar-refractivity contribution >= 4 is 17.3 Å². The molecule has 5 rings (SSSR count). The van der Waals surface area contributed by atoms with Crippen molar-refractivity contribution in [3.8, 4) is 17.1 Å². The van der Waals surface area contributed by atoms with Crippen LogP contribution in [-0.4, -0.2) is 23.3 Å². The van der Waals surface area contributed by atoms with Crippen molar-refractivity contribution in [3.63, 3.8) is 0 Å². The third kappa shape index (κ3) is 3.92. The highest BCUT2D eigenvalue weighted by Crippen LogP contribution is 2.39. The van der Waals surface area contributed by atoms with Gasteiger partial charge in [0, 0.05) is 17.3 Å². The quantitative estimate of drug-likeness (QED) is 0.417. The number of rotatable bonds is 5. The molecule has 0 saturated carbocycles. The molecule has 0 fully saturated rings. The first-order chi connectivity index (χ1) is 16.5. The van der Waals surface area contributed by atoms with E-state index in [1.165, 1.54) is 0 Å². The Morgan fingerprint density at radius 3 is 2.47 bits per heavy atom. The fourth-order valence-electron chi connectivity index (χ4n) is 4.13. The third-order valence-corrected chi connectivity index (χ3v) is 5.90. The van der Waals surface area contributed by atoms with E-state index in [4.69, 9.17) is 14.2 Å². The van der Waals surface area contributed by atoms with E-state index in [2.05, 4.69) is 10.5 Å². The maximum atomic E-state index is 13.3. The van der Waals surface area contributed by atoms with Gasteiger partial charge in [0.2, 0.25) is 5.82 Å². The number of urea groups is 1. The van der Waals surface area contributed by atoms with Crippen LogP contribution < -0.4 is 15.0 Å². The zero-order chi connectivity index (χ0) is 23.7. The average Bonchev–Trinajstić information content (AvgIpc) is 3.35. The Balaban J connectivity index is 1.66. The molecule has 1 aromatic heterocycles. The lowest BCUT2D eigenvalue weighted by Crippen LogP contribution is -2.46. The van der Waals surface area contributed by atoms with Crippen molar-refractivity contribution in [2.75, 3.05) is 12.0 Å². The minimum Gasteiger partial charge on any atom is -0.497 e. The lowest BCUT2D eigenvalue weighted by molar-refractivity contribution is 0.244. The highest BCUT2D eigenvalue weighted by molar-refractivity contribution is 6.01. The maximum Gasteiger partial charge on any atom is 0.327 e. The molecule has 1 unspecified atom stereocenters. The first-order valence-electron chi connectivity index (χ1n) is 11.0. The molecule has 1 aliphatic heterocycles. The summed E-state index contributed by atoms with van der Waals surface area (Å²) in [6, 6.07) is 24.4. The van der Waals surface area contributed by atoms with Crippen LogP contribution in [0.25, 0.3) is 17.0 Å². The Hall–Kier alpha value is -4.39. The van der Waals surface area contributed by atoms with Crippen LogP contribution in [0.1, 0.15) is 30.0 Å². The van der Waals surface area contributed by atoms with Gasteiger partial charge in [0.1, 0.15) is 5.75 Å². The minimum atomic E-state index is -0.445. The number of carbonyl (C=O) groups excluding carboxylic acids is 1. The zero-order valence-corrected chi connectivity index (χ0v) is 19.1. The van der Waals surface area contributed by atoms with Crippen LogP contribution in [0, 0.1) is 6.92 Å².